The number of hydrogen-bond acceptors (Lipinski definition) is 3. The Bertz CT molecular complexity index is 454. The number of benzene rings is 1. The Hall–Kier alpha value is -2.33. The average Bonchev–Trinajstić information content (AvgIpc) is 2.28. The van der Waals surface area contributed by atoms with Crippen molar-refractivity contribution in [1.82, 2.24) is 0 Å². The van der Waals surface area contributed by atoms with E-state index in [1.807, 2.05) is 6.07 Å². The number of rotatable bonds is 2. The van der Waals surface area contributed by atoms with E-state index in [2.05, 4.69) is 0 Å². The molecule has 0 atom stereocenters. The lowest BCUT2D eigenvalue weighted by Crippen LogP contribution is -2.25. The van der Waals surface area contributed by atoms with Crippen molar-refractivity contribution in [2.45, 2.75) is 6.42 Å². The molecular formula is C11H9N3O. The van der Waals surface area contributed by atoms with Gasteiger partial charge in [0.25, 0.3) is 0 Å². The highest BCUT2D eigenvalue weighted by Gasteiger charge is 2.10. The predicted molar refractivity (Wildman–Crippen MR) is 54.8 cm³/mol. The lowest BCUT2D eigenvalue weighted by Gasteiger charge is -2.15. The number of hydrogen-bond donors (Lipinski definition) is 0. The summed E-state index contributed by atoms with van der Waals surface area (Å²) in [5, 5.41) is 17.1. The fourth-order valence-corrected chi connectivity index (χ4v) is 1.11. The molecule has 0 bridgehead atoms. The fourth-order valence-electron chi connectivity index (χ4n) is 1.11. The number of anilines is 1. The fraction of sp³-hybridized carbons (Fsp3) is 0.182. The summed E-state index contributed by atoms with van der Waals surface area (Å²) >= 11 is 0. The van der Waals surface area contributed by atoms with Gasteiger partial charge in [-0.25, -0.2) is 0 Å². The molecule has 0 aromatic heterocycles. The number of nitriles is 2. The second-order valence-electron chi connectivity index (χ2n) is 2.95. The Morgan fingerprint density at radius 3 is 2.80 bits per heavy atom. The Kier molecular flexibility index (Phi) is 3.43. The molecule has 0 aliphatic rings. The van der Waals surface area contributed by atoms with Gasteiger partial charge in [0.2, 0.25) is 5.91 Å². The molecule has 4 heteroatoms. The molecule has 0 radical (unpaired) electrons. The van der Waals surface area contributed by atoms with Crippen LogP contribution in [0.25, 0.3) is 0 Å². The summed E-state index contributed by atoms with van der Waals surface area (Å²) in [6.07, 6.45) is -0.159. The van der Waals surface area contributed by atoms with Gasteiger partial charge in [-0.15, -0.1) is 0 Å². The summed E-state index contributed by atoms with van der Waals surface area (Å²) in [6, 6.07) is 10.5. The van der Waals surface area contributed by atoms with Crippen LogP contribution in [0.4, 0.5) is 5.69 Å². The van der Waals surface area contributed by atoms with E-state index in [1.165, 1.54) is 4.90 Å². The largest absolute Gasteiger partial charge is 0.315 e. The maximum absolute atomic E-state index is 11.4. The first-order valence-electron chi connectivity index (χ1n) is 4.32. The van der Waals surface area contributed by atoms with E-state index < -0.39 is 0 Å². The average molecular weight is 199 g/mol. The van der Waals surface area contributed by atoms with Crippen LogP contribution in [0.2, 0.25) is 0 Å². The van der Waals surface area contributed by atoms with Crippen molar-refractivity contribution >= 4 is 11.6 Å². The van der Waals surface area contributed by atoms with Crippen molar-refractivity contribution in [2.24, 2.45) is 0 Å². The minimum Gasteiger partial charge on any atom is -0.315 e. The highest BCUT2D eigenvalue weighted by molar-refractivity contribution is 5.94. The van der Waals surface area contributed by atoms with Crippen LogP contribution in [0.15, 0.2) is 24.3 Å². The number of carbonyl (C=O) groups excluding carboxylic acids is 1. The van der Waals surface area contributed by atoms with Gasteiger partial charge in [-0.2, -0.15) is 10.5 Å². The first kappa shape index (κ1) is 10.7. The van der Waals surface area contributed by atoms with Crippen LogP contribution < -0.4 is 4.90 Å². The molecular weight excluding hydrogens is 190 g/mol. The van der Waals surface area contributed by atoms with Crippen molar-refractivity contribution in [1.29, 1.82) is 10.5 Å². The Balaban J connectivity index is 2.93. The van der Waals surface area contributed by atoms with Crippen molar-refractivity contribution in [3.05, 3.63) is 29.8 Å². The van der Waals surface area contributed by atoms with Gasteiger partial charge in [0.1, 0.15) is 6.42 Å². The Morgan fingerprint density at radius 1 is 1.47 bits per heavy atom. The molecule has 0 saturated carbocycles. The third-order valence-corrected chi connectivity index (χ3v) is 1.97. The molecule has 1 aromatic rings. The van der Waals surface area contributed by atoms with E-state index in [1.54, 1.807) is 37.4 Å². The van der Waals surface area contributed by atoms with E-state index in [0.717, 1.165) is 0 Å². The maximum Gasteiger partial charge on any atom is 0.240 e. The predicted octanol–water partition coefficient (Wildman–Crippen LogP) is 1.43. The molecule has 0 spiro atoms. The van der Waals surface area contributed by atoms with Gasteiger partial charge in [0.05, 0.1) is 17.7 Å². The van der Waals surface area contributed by atoms with E-state index in [4.69, 9.17) is 10.5 Å². The second-order valence-corrected chi connectivity index (χ2v) is 2.95. The zero-order chi connectivity index (χ0) is 11.3. The molecule has 0 saturated heterocycles. The third-order valence-electron chi connectivity index (χ3n) is 1.97. The lowest BCUT2D eigenvalue weighted by atomic mass is 10.2. The molecule has 15 heavy (non-hydrogen) atoms. The summed E-state index contributed by atoms with van der Waals surface area (Å²) in [7, 11) is 1.58. The summed E-state index contributed by atoms with van der Waals surface area (Å²) < 4.78 is 0. The monoisotopic (exact) mass is 199 g/mol. The van der Waals surface area contributed by atoms with E-state index in [9.17, 15) is 4.79 Å². The molecule has 0 aliphatic heterocycles. The molecule has 0 unspecified atom stereocenters. The first-order chi connectivity index (χ1) is 7.19. The number of nitrogens with zero attached hydrogens (tertiary/aromatic N) is 3. The van der Waals surface area contributed by atoms with Crippen LogP contribution in [0.3, 0.4) is 0 Å². The molecule has 0 N–H and O–H groups in total. The third kappa shape index (κ3) is 2.55. The molecule has 1 aromatic carbocycles. The van der Waals surface area contributed by atoms with Crippen molar-refractivity contribution < 1.29 is 4.79 Å². The van der Waals surface area contributed by atoms with Crippen LogP contribution in [0.1, 0.15) is 12.0 Å². The lowest BCUT2D eigenvalue weighted by molar-refractivity contribution is -0.117. The van der Waals surface area contributed by atoms with Gasteiger partial charge < -0.3 is 4.90 Å². The summed E-state index contributed by atoms with van der Waals surface area (Å²) in [5.41, 5.74) is 1.11. The smallest absolute Gasteiger partial charge is 0.240 e. The molecule has 0 fully saturated rings. The summed E-state index contributed by atoms with van der Waals surface area (Å²) in [6.45, 7) is 0. The van der Waals surface area contributed by atoms with E-state index in [-0.39, 0.29) is 12.3 Å². The number of amides is 1. The Labute approximate surface area is 88.0 Å². The number of carbonyl (C=O) groups is 1. The zero-order valence-corrected chi connectivity index (χ0v) is 8.27. The minimum absolute atomic E-state index is 0.159. The standard InChI is InChI=1S/C11H9N3O/c1-14(11(15)5-6-12)10-4-2-3-9(7-10)8-13/h2-4,7H,5H2,1H3. The molecule has 4 nitrogen and oxygen atoms in total. The highest BCUT2D eigenvalue weighted by atomic mass is 16.2. The van der Waals surface area contributed by atoms with Crippen molar-refractivity contribution in [3.8, 4) is 12.1 Å². The second kappa shape index (κ2) is 4.78. The van der Waals surface area contributed by atoms with E-state index in [0.29, 0.717) is 11.3 Å². The van der Waals surface area contributed by atoms with Crippen LogP contribution in [-0.2, 0) is 4.79 Å². The minimum atomic E-state index is -0.285. The SMILES string of the molecule is CN(C(=O)CC#N)c1cccc(C#N)c1. The van der Waals surface area contributed by atoms with Crippen LogP contribution >= 0.6 is 0 Å². The van der Waals surface area contributed by atoms with Gasteiger partial charge in [-0.3, -0.25) is 4.79 Å². The van der Waals surface area contributed by atoms with Crippen LogP contribution in [0, 0.1) is 22.7 Å². The van der Waals surface area contributed by atoms with Gasteiger partial charge >= 0.3 is 0 Å². The molecule has 0 aliphatic carbocycles. The summed E-state index contributed by atoms with van der Waals surface area (Å²) in [4.78, 5) is 12.7. The zero-order valence-electron chi connectivity index (χ0n) is 8.27. The first-order valence-corrected chi connectivity index (χ1v) is 4.32. The highest BCUT2D eigenvalue weighted by Crippen LogP contribution is 2.14. The quantitative estimate of drug-likeness (QED) is 0.723. The van der Waals surface area contributed by atoms with Crippen molar-refractivity contribution in [3.63, 3.8) is 0 Å². The normalized spacial score (nSPS) is 8.73. The molecule has 1 amide bonds. The Morgan fingerprint density at radius 2 is 2.20 bits per heavy atom. The van der Waals surface area contributed by atoms with Crippen LogP contribution in [0.5, 0.6) is 0 Å². The van der Waals surface area contributed by atoms with Gasteiger partial charge in [0, 0.05) is 12.7 Å². The van der Waals surface area contributed by atoms with E-state index >= 15 is 0 Å². The topological polar surface area (TPSA) is 67.9 Å². The van der Waals surface area contributed by atoms with Gasteiger partial charge in [0.15, 0.2) is 0 Å². The molecule has 0 heterocycles. The van der Waals surface area contributed by atoms with Gasteiger partial charge in [-0.1, -0.05) is 6.07 Å². The molecule has 74 valence electrons. The van der Waals surface area contributed by atoms with Crippen molar-refractivity contribution in [2.75, 3.05) is 11.9 Å². The van der Waals surface area contributed by atoms with Crippen LogP contribution in [-0.4, -0.2) is 13.0 Å². The van der Waals surface area contributed by atoms with Gasteiger partial charge in [-0.05, 0) is 18.2 Å². The summed E-state index contributed by atoms with van der Waals surface area (Å²) in [5.74, 6) is -0.285. The maximum atomic E-state index is 11.4. The molecule has 1 rings (SSSR count).